The molecule has 0 aromatic heterocycles. The van der Waals surface area contributed by atoms with Gasteiger partial charge in [0.15, 0.2) is 6.04 Å². The van der Waals surface area contributed by atoms with Gasteiger partial charge in [-0.05, 0) is 76.8 Å². The number of carboxylic acids is 1. The van der Waals surface area contributed by atoms with E-state index in [0.29, 0.717) is 47.8 Å². The van der Waals surface area contributed by atoms with Crippen molar-refractivity contribution in [2.75, 3.05) is 13.1 Å². The van der Waals surface area contributed by atoms with Crippen molar-refractivity contribution in [1.82, 2.24) is 20.8 Å². The number of esters is 1. The molecule has 292 valence electrons. The third-order valence-electron chi connectivity index (χ3n) is 9.01. The van der Waals surface area contributed by atoms with E-state index in [-0.39, 0.29) is 56.8 Å². The standard InChI is InChI=1S/C36H51N5O12/c1-4-28(22(2)32(46)37-25-15-10-13-21-41(51)35(25)48)53-36(49)26(16-11-12-20-40(50)29(43)18-6-5-7-19-30(44)45)38-33(47)31-23(3)52-34(39-31)24-14-8-9-17-27(24)42/h6,8-9,14,17-18,22-23,25-26,28,31,42,50-51H,4-5,7,10-13,15-16,19-21H2,1-3H3,(H,37,46)(H,38,47)(H,44,45). The maximum atomic E-state index is 13.7. The number of ether oxygens (including phenoxy) is 2. The molecule has 6 N–H and O–H groups in total. The number of hydroxylamine groups is 4. The molecule has 0 saturated carbocycles. The summed E-state index contributed by atoms with van der Waals surface area (Å²) in [6, 6.07) is 3.09. The first kappa shape index (κ1) is 42.4. The van der Waals surface area contributed by atoms with Crippen molar-refractivity contribution in [3.63, 3.8) is 0 Å². The van der Waals surface area contributed by atoms with Crippen LogP contribution in [0.25, 0.3) is 0 Å². The maximum Gasteiger partial charge on any atom is 0.328 e. The number of hydrogen-bond donors (Lipinski definition) is 6. The van der Waals surface area contributed by atoms with Gasteiger partial charge in [0.2, 0.25) is 17.7 Å². The molecule has 0 radical (unpaired) electrons. The molecule has 0 aliphatic carbocycles. The number of carbonyl (C=O) groups excluding carboxylic acids is 5. The Balaban J connectivity index is 1.68. The molecule has 1 aromatic rings. The molecule has 1 fully saturated rings. The zero-order valence-electron chi connectivity index (χ0n) is 30.3. The number of aromatic hydroxyl groups is 1. The van der Waals surface area contributed by atoms with Crippen LogP contribution in [-0.2, 0) is 38.2 Å². The van der Waals surface area contributed by atoms with E-state index in [1.165, 1.54) is 12.1 Å². The molecular formula is C36H51N5O12. The molecule has 17 nitrogen and oxygen atoms in total. The molecule has 0 spiro atoms. The maximum absolute atomic E-state index is 13.7. The highest BCUT2D eigenvalue weighted by atomic mass is 16.5. The molecule has 3 rings (SSSR count). The van der Waals surface area contributed by atoms with Gasteiger partial charge < -0.3 is 30.3 Å². The highest BCUT2D eigenvalue weighted by molar-refractivity contribution is 6.01. The molecule has 2 heterocycles. The van der Waals surface area contributed by atoms with Crippen molar-refractivity contribution in [2.45, 2.75) is 115 Å². The smallest absolute Gasteiger partial charge is 0.328 e. The Kier molecular flexibility index (Phi) is 16.7. The van der Waals surface area contributed by atoms with Crippen LogP contribution in [0.3, 0.4) is 0 Å². The number of nitrogens with zero attached hydrogens (tertiary/aromatic N) is 3. The van der Waals surface area contributed by atoms with Crippen LogP contribution in [0.5, 0.6) is 5.75 Å². The molecule has 53 heavy (non-hydrogen) atoms. The molecule has 2 aliphatic heterocycles. The molecule has 4 amide bonds. The normalized spacial score (nSPS) is 20.4. The van der Waals surface area contributed by atoms with Gasteiger partial charge in [0, 0.05) is 25.6 Å². The Labute approximate surface area is 307 Å². The Morgan fingerprint density at radius 3 is 2.58 bits per heavy atom. The number of benzene rings is 1. The molecule has 1 saturated heterocycles. The van der Waals surface area contributed by atoms with Gasteiger partial charge in [-0.2, -0.15) is 0 Å². The Morgan fingerprint density at radius 2 is 1.89 bits per heavy atom. The van der Waals surface area contributed by atoms with E-state index in [0.717, 1.165) is 6.08 Å². The van der Waals surface area contributed by atoms with Gasteiger partial charge in [-0.1, -0.05) is 32.1 Å². The fourth-order valence-corrected chi connectivity index (χ4v) is 5.83. The number of phenolic OH excluding ortho intramolecular Hbond substituents is 1. The number of amides is 4. The lowest BCUT2D eigenvalue weighted by atomic mass is 10.00. The van der Waals surface area contributed by atoms with Crippen LogP contribution in [0.4, 0.5) is 0 Å². The molecule has 1 aromatic carbocycles. The lowest BCUT2D eigenvalue weighted by molar-refractivity contribution is -0.167. The van der Waals surface area contributed by atoms with Gasteiger partial charge in [-0.25, -0.2) is 19.9 Å². The minimum Gasteiger partial charge on any atom is -0.507 e. The fraction of sp³-hybridized carbons (Fsp3) is 0.583. The molecule has 6 atom stereocenters. The highest BCUT2D eigenvalue weighted by Crippen LogP contribution is 2.25. The molecule has 17 heteroatoms. The number of nitrogens with one attached hydrogen (secondary N) is 2. The highest BCUT2D eigenvalue weighted by Gasteiger charge is 2.38. The van der Waals surface area contributed by atoms with Gasteiger partial charge in [0.05, 0.1) is 11.5 Å². The third kappa shape index (κ3) is 12.9. The lowest BCUT2D eigenvalue weighted by Crippen LogP contribution is -2.51. The van der Waals surface area contributed by atoms with Crippen molar-refractivity contribution >= 4 is 41.5 Å². The predicted octanol–water partition coefficient (Wildman–Crippen LogP) is 2.45. The SMILES string of the molecule is CCC(OC(=O)C(CCCCN(O)C(=O)C=CCCCC(=O)O)NC(=O)C1N=C(c2ccccc2O)OC1C)C(C)C(=O)NC1CCCCN(O)C1=O. The summed E-state index contributed by atoms with van der Waals surface area (Å²) >= 11 is 0. The Bertz CT molecular complexity index is 1520. The minimum absolute atomic E-state index is 0.0234. The monoisotopic (exact) mass is 745 g/mol. The van der Waals surface area contributed by atoms with Crippen LogP contribution in [0.15, 0.2) is 41.4 Å². The van der Waals surface area contributed by atoms with Crippen LogP contribution in [0, 0.1) is 5.92 Å². The number of aliphatic carboxylic acids is 1. The second-order valence-corrected chi connectivity index (χ2v) is 13.1. The first-order chi connectivity index (χ1) is 25.2. The van der Waals surface area contributed by atoms with Gasteiger partial charge in [-0.3, -0.25) is 34.4 Å². The van der Waals surface area contributed by atoms with Crippen molar-refractivity contribution in [1.29, 1.82) is 0 Å². The lowest BCUT2D eigenvalue weighted by Gasteiger charge is -2.27. The molecule has 2 aliphatic rings. The number of rotatable bonds is 19. The topological polar surface area (TPSA) is 245 Å². The Morgan fingerprint density at radius 1 is 1.15 bits per heavy atom. The number of unbranched alkanes of at least 4 members (excludes halogenated alkanes) is 2. The van der Waals surface area contributed by atoms with E-state index < -0.39 is 71.8 Å². The van der Waals surface area contributed by atoms with Crippen LogP contribution < -0.4 is 10.6 Å². The number of aliphatic imine (C=N–C) groups is 1. The summed E-state index contributed by atoms with van der Waals surface area (Å²) in [4.78, 5) is 80.1. The quantitative estimate of drug-likeness (QED) is 0.0393. The zero-order chi connectivity index (χ0) is 39.1. The van der Waals surface area contributed by atoms with E-state index in [1.807, 2.05) is 0 Å². The fourth-order valence-electron chi connectivity index (χ4n) is 5.83. The summed E-state index contributed by atoms with van der Waals surface area (Å²) in [5.41, 5.74) is 0.291. The number of phenols is 1. The molecule has 6 unspecified atom stereocenters. The average Bonchev–Trinajstić information content (AvgIpc) is 3.45. The first-order valence-corrected chi connectivity index (χ1v) is 18.0. The predicted molar refractivity (Wildman–Crippen MR) is 188 cm³/mol. The second kappa shape index (κ2) is 20.9. The summed E-state index contributed by atoms with van der Waals surface area (Å²) in [6.07, 6.45) is 3.81. The van der Waals surface area contributed by atoms with E-state index >= 15 is 0 Å². The van der Waals surface area contributed by atoms with Gasteiger partial charge >= 0.3 is 11.9 Å². The molecule has 0 bridgehead atoms. The van der Waals surface area contributed by atoms with Crippen molar-refractivity contribution in [3.05, 3.63) is 42.0 Å². The first-order valence-electron chi connectivity index (χ1n) is 18.0. The largest absolute Gasteiger partial charge is 0.507 e. The van der Waals surface area contributed by atoms with Crippen molar-refractivity contribution in [3.8, 4) is 5.75 Å². The summed E-state index contributed by atoms with van der Waals surface area (Å²) in [5, 5.41) is 45.5. The van der Waals surface area contributed by atoms with E-state index in [4.69, 9.17) is 14.6 Å². The summed E-state index contributed by atoms with van der Waals surface area (Å²) in [6.45, 7) is 4.93. The van der Waals surface area contributed by atoms with Crippen molar-refractivity contribution < 1.29 is 58.9 Å². The van der Waals surface area contributed by atoms with Gasteiger partial charge in [0.25, 0.3) is 11.8 Å². The van der Waals surface area contributed by atoms with E-state index in [9.17, 15) is 44.3 Å². The third-order valence-corrected chi connectivity index (χ3v) is 9.01. The summed E-state index contributed by atoms with van der Waals surface area (Å²) < 4.78 is 11.5. The van der Waals surface area contributed by atoms with Crippen LogP contribution >= 0.6 is 0 Å². The van der Waals surface area contributed by atoms with Crippen LogP contribution in [-0.4, -0.2) is 116 Å². The number of allylic oxidation sites excluding steroid dienone is 1. The minimum atomic E-state index is -1.23. The van der Waals surface area contributed by atoms with Gasteiger partial charge in [0.1, 0.15) is 30.0 Å². The summed E-state index contributed by atoms with van der Waals surface area (Å²) in [7, 11) is 0. The average molecular weight is 746 g/mol. The number of carbonyl (C=O) groups is 6. The number of hydrogen-bond acceptors (Lipinski definition) is 12. The van der Waals surface area contributed by atoms with Gasteiger partial charge in [-0.15, -0.1) is 0 Å². The number of carboxylic acid groups (broad SMARTS) is 1. The Hall–Kier alpha value is -5.03. The van der Waals surface area contributed by atoms with E-state index in [1.54, 1.807) is 39.0 Å². The van der Waals surface area contributed by atoms with Crippen LogP contribution in [0.1, 0.15) is 90.5 Å². The molecular weight excluding hydrogens is 694 g/mol. The summed E-state index contributed by atoms with van der Waals surface area (Å²) in [5.74, 6) is -5.25. The number of para-hydroxylation sites is 1. The van der Waals surface area contributed by atoms with Crippen molar-refractivity contribution in [2.24, 2.45) is 10.9 Å². The zero-order valence-corrected chi connectivity index (χ0v) is 30.3. The van der Waals surface area contributed by atoms with E-state index in [2.05, 4.69) is 15.6 Å². The second-order valence-electron chi connectivity index (χ2n) is 13.1. The van der Waals surface area contributed by atoms with Crippen LogP contribution in [0.2, 0.25) is 0 Å².